The highest BCUT2D eigenvalue weighted by Crippen LogP contribution is 2.34. The highest BCUT2D eigenvalue weighted by molar-refractivity contribution is 5.91. The lowest BCUT2D eigenvalue weighted by molar-refractivity contribution is 0.810. The third kappa shape index (κ3) is 3.37. The summed E-state index contributed by atoms with van der Waals surface area (Å²) in [6, 6.07) is 9.14. The summed E-state index contributed by atoms with van der Waals surface area (Å²) in [5, 5.41) is 3.05. The lowest BCUT2D eigenvalue weighted by Crippen LogP contribution is -2.07. The molecule has 0 aromatic heterocycles. The molecule has 0 heterocycles. The van der Waals surface area contributed by atoms with Gasteiger partial charge in [0.1, 0.15) is 0 Å². The fourth-order valence-electron chi connectivity index (χ4n) is 3.87. The van der Waals surface area contributed by atoms with Gasteiger partial charge in [-0.15, -0.1) is 0 Å². The molecule has 0 aliphatic carbocycles. The first-order chi connectivity index (χ1) is 10.8. The summed E-state index contributed by atoms with van der Waals surface area (Å²) in [6.07, 6.45) is 9.89. The molecule has 0 saturated heterocycles. The van der Waals surface area contributed by atoms with Crippen molar-refractivity contribution in [2.75, 3.05) is 0 Å². The Balaban J connectivity index is 2.81. The molecule has 0 bridgehead atoms. The first-order valence-corrected chi connectivity index (χ1v) is 9.32. The Bertz CT molecular complexity index is 552. The van der Waals surface area contributed by atoms with Crippen LogP contribution in [0.3, 0.4) is 0 Å². The summed E-state index contributed by atoms with van der Waals surface area (Å²) in [6.45, 7) is 9.26. The van der Waals surface area contributed by atoms with E-state index < -0.39 is 0 Å². The van der Waals surface area contributed by atoms with Crippen molar-refractivity contribution in [3.63, 3.8) is 0 Å². The number of hydrogen-bond donors (Lipinski definition) is 0. The van der Waals surface area contributed by atoms with Gasteiger partial charge in [-0.3, -0.25) is 0 Å². The van der Waals surface area contributed by atoms with E-state index in [1.54, 1.807) is 22.3 Å². The summed E-state index contributed by atoms with van der Waals surface area (Å²) < 4.78 is 0. The van der Waals surface area contributed by atoms with E-state index in [1.807, 2.05) is 0 Å². The standard InChI is InChI=1S/C22H32/c1-5-11-17-18(12-6-2)20(14-8-4)22-16-10-9-15-21(22)19(17)13-7-3/h9-10,15-16H,5-8,11-14H2,1-4H3. The normalized spacial score (nSPS) is 11.3. The Kier molecular flexibility index (Phi) is 6.49. The number of rotatable bonds is 8. The van der Waals surface area contributed by atoms with Crippen LogP contribution in [0.1, 0.15) is 75.6 Å². The van der Waals surface area contributed by atoms with Crippen molar-refractivity contribution in [3.05, 3.63) is 46.5 Å². The molecule has 0 spiro atoms. The molecular weight excluding hydrogens is 264 g/mol. The van der Waals surface area contributed by atoms with Gasteiger partial charge in [-0.2, -0.15) is 0 Å². The van der Waals surface area contributed by atoms with Crippen LogP contribution >= 0.6 is 0 Å². The zero-order valence-electron chi connectivity index (χ0n) is 15.0. The second-order valence-electron chi connectivity index (χ2n) is 6.46. The van der Waals surface area contributed by atoms with Crippen molar-refractivity contribution >= 4 is 10.8 Å². The molecule has 0 unspecified atom stereocenters. The van der Waals surface area contributed by atoms with Gasteiger partial charge in [0, 0.05) is 0 Å². The molecule has 0 heteroatoms. The van der Waals surface area contributed by atoms with Gasteiger partial charge in [-0.1, -0.05) is 77.6 Å². The van der Waals surface area contributed by atoms with Crippen molar-refractivity contribution in [2.45, 2.75) is 79.1 Å². The Morgan fingerprint density at radius 2 is 0.818 bits per heavy atom. The van der Waals surface area contributed by atoms with Gasteiger partial charge < -0.3 is 0 Å². The molecule has 0 radical (unpaired) electrons. The van der Waals surface area contributed by atoms with Crippen LogP contribution < -0.4 is 0 Å². The molecule has 0 saturated carbocycles. The van der Waals surface area contributed by atoms with Crippen LogP contribution in [0.5, 0.6) is 0 Å². The topological polar surface area (TPSA) is 0 Å². The van der Waals surface area contributed by atoms with Crippen LogP contribution in [0.25, 0.3) is 10.8 Å². The van der Waals surface area contributed by atoms with E-state index in [9.17, 15) is 0 Å². The molecule has 0 amide bonds. The summed E-state index contributed by atoms with van der Waals surface area (Å²) in [4.78, 5) is 0. The molecule has 2 rings (SSSR count). The summed E-state index contributed by atoms with van der Waals surface area (Å²) in [7, 11) is 0. The van der Waals surface area contributed by atoms with Crippen LogP contribution in [-0.2, 0) is 25.7 Å². The second kappa shape index (κ2) is 8.36. The van der Waals surface area contributed by atoms with Crippen molar-refractivity contribution in [1.29, 1.82) is 0 Å². The molecule has 0 aliphatic rings. The first kappa shape index (κ1) is 17.1. The second-order valence-corrected chi connectivity index (χ2v) is 6.46. The van der Waals surface area contributed by atoms with Crippen molar-refractivity contribution in [3.8, 4) is 0 Å². The maximum atomic E-state index is 2.36. The maximum absolute atomic E-state index is 2.36. The third-order valence-corrected chi connectivity index (χ3v) is 4.67. The van der Waals surface area contributed by atoms with E-state index in [1.165, 1.54) is 62.1 Å². The van der Waals surface area contributed by atoms with Crippen LogP contribution in [0.15, 0.2) is 24.3 Å². The van der Waals surface area contributed by atoms with Gasteiger partial charge in [-0.05, 0) is 58.7 Å². The molecule has 0 nitrogen and oxygen atoms in total. The average molecular weight is 296 g/mol. The fourth-order valence-corrected chi connectivity index (χ4v) is 3.87. The first-order valence-electron chi connectivity index (χ1n) is 9.32. The van der Waals surface area contributed by atoms with E-state index in [4.69, 9.17) is 0 Å². The highest BCUT2D eigenvalue weighted by atomic mass is 14.2. The number of benzene rings is 2. The van der Waals surface area contributed by atoms with E-state index >= 15 is 0 Å². The van der Waals surface area contributed by atoms with Crippen LogP contribution in [-0.4, -0.2) is 0 Å². The minimum absolute atomic E-state index is 1.22. The van der Waals surface area contributed by atoms with Gasteiger partial charge in [-0.25, -0.2) is 0 Å². The summed E-state index contributed by atoms with van der Waals surface area (Å²) in [5.74, 6) is 0. The Morgan fingerprint density at radius 3 is 1.14 bits per heavy atom. The fraction of sp³-hybridized carbons (Fsp3) is 0.545. The molecule has 2 aromatic rings. The average Bonchev–Trinajstić information content (AvgIpc) is 2.54. The van der Waals surface area contributed by atoms with Gasteiger partial charge >= 0.3 is 0 Å². The van der Waals surface area contributed by atoms with E-state index in [2.05, 4.69) is 52.0 Å². The summed E-state index contributed by atoms with van der Waals surface area (Å²) in [5.41, 5.74) is 6.66. The number of fused-ring (bicyclic) bond motifs is 1. The Morgan fingerprint density at radius 1 is 0.500 bits per heavy atom. The van der Waals surface area contributed by atoms with Gasteiger partial charge in [0.15, 0.2) is 0 Å². The molecule has 120 valence electrons. The monoisotopic (exact) mass is 296 g/mol. The Labute approximate surface area is 136 Å². The van der Waals surface area contributed by atoms with Crippen molar-refractivity contribution in [2.24, 2.45) is 0 Å². The molecule has 0 atom stereocenters. The van der Waals surface area contributed by atoms with Crippen LogP contribution in [0.4, 0.5) is 0 Å². The van der Waals surface area contributed by atoms with Crippen molar-refractivity contribution in [1.82, 2.24) is 0 Å². The van der Waals surface area contributed by atoms with Gasteiger partial charge in [0.2, 0.25) is 0 Å². The number of hydrogen-bond acceptors (Lipinski definition) is 0. The zero-order valence-corrected chi connectivity index (χ0v) is 15.0. The lowest BCUT2D eigenvalue weighted by Gasteiger charge is -2.22. The minimum atomic E-state index is 1.22. The van der Waals surface area contributed by atoms with Crippen LogP contribution in [0, 0.1) is 0 Å². The Hall–Kier alpha value is -1.30. The molecular formula is C22H32. The largest absolute Gasteiger partial charge is 0.0651 e. The van der Waals surface area contributed by atoms with E-state index in [-0.39, 0.29) is 0 Å². The minimum Gasteiger partial charge on any atom is -0.0651 e. The predicted molar refractivity (Wildman–Crippen MR) is 99.9 cm³/mol. The molecule has 0 N–H and O–H groups in total. The zero-order chi connectivity index (χ0) is 15.9. The molecule has 0 fully saturated rings. The summed E-state index contributed by atoms with van der Waals surface area (Å²) >= 11 is 0. The third-order valence-electron chi connectivity index (χ3n) is 4.67. The number of aryl methyl sites for hydroxylation is 2. The molecule has 2 aromatic carbocycles. The van der Waals surface area contributed by atoms with Gasteiger partial charge in [0.25, 0.3) is 0 Å². The van der Waals surface area contributed by atoms with Crippen molar-refractivity contribution < 1.29 is 0 Å². The SMILES string of the molecule is CCCc1c(CCC)c(CCC)c2ccccc2c1CCC. The smallest absolute Gasteiger partial charge is 0.0146 e. The molecule has 0 aliphatic heterocycles. The van der Waals surface area contributed by atoms with Gasteiger partial charge in [0.05, 0.1) is 0 Å². The van der Waals surface area contributed by atoms with Crippen LogP contribution in [0.2, 0.25) is 0 Å². The van der Waals surface area contributed by atoms with E-state index in [0.717, 1.165) is 0 Å². The molecule has 22 heavy (non-hydrogen) atoms. The quantitative estimate of drug-likeness (QED) is 0.511. The van der Waals surface area contributed by atoms with E-state index in [0.29, 0.717) is 0 Å². The predicted octanol–water partition coefficient (Wildman–Crippen LogP) is 6.65. The maximum Gasteiger partial charge on any atom is -0.0146 e. The highest BCUT2D eigenvalue weighted by Gasteiger charge is 2.17. The lowest BCUT2D eigenvalue weighted by atomic mass is 9.82.